The van der Waals surface area contributed by atoms with Crippen LogP contribution >= 0.6 is 34.3 Å². The van der Waals surface area contributed by atoms with Gasteiger partial charge < -0.3 is 0 Å². The number of thiophene rings is 1. The number of fused-ring (bicyclic) bond motifs is 1. The van der Waals surface area contributed by atoms with Crippen molar-refractivity contribution < 1.29 is 0 Å². The molecule has 0 N–H and O–H groups in total. The van der Waals surface area contributed by atoms with E-state index in [9.17, 15) is 4.79 Å². The van der Waals surface area contributed by atoms with Crippen LogP contribution in [-0.2, 0) is 6.54 Å². The molecule has 120 valence electrons. The van der Waals surface area contributed by atoms with Gasteiger partial charge >= 0.3 is 5.69 Å². The molecule has 0 radical (unpaired) electrons. The van der Waals surface area contributed by atoms with Gasteiger partial charge in [-0.15, -0.1) is 22.7 Å². The van der Waals surface area contributed by atoms with E-state index in [4.69, 9.17) is 11.6 Å². The molecule has 4 nitrogen and oxygen atoms in total. The summed E-state index contributed by atoms with van der Waals surface area (Å²) in [5.41, 5.74) is 2.13. The third-order valence-corrected chi connectivity index (χ3v) is 5.71. The van der Waals surface area contributed by atoms with Gasteiger partial charge in [-0.1, -0.05) is 29.8 Å². The van der Waals surface area contributed by atoms with E-state index in [1.165, 1.54) is 11.3 Å². The smallest absolute Gasteiger partial charge is 0.277 e. The maximum absolute atomic E-state index is 12.7. The fraction of sp³-hybridized carbons (Fsp3) is 0.118. The fourth-order valence-corrected chi connectivity index (χ4v) is 4.43. The molecule has 0 saturated heterocycles. The molecule has 0 bridgehead atoms. The number of thiazole rings is 1. The van der Waals surface area contributed by atoms with Crippen molar-refractivity contribution in [2.45, 2.75) is 13.5 Å². The molecule has 0 unspecified atom stereocenters. The lowest BCUT2D eigenvalue weighted by Crippen LogP contribution is -2.24. The minimum atomic E-state index is -0.269. The number of aryl methyl sites for hydroxylation is 1. The van der Waals surface area contributed by atoms with E-state index in [1.807, 2.05) is 48.7 Å². The first-order valence-corrected chi connectivity index (χ1v) is 9.35. The quantitative estimate of drug-likeness (QED) is 0.527. The fourth-order valence-electron chi connectivity index (χ4n) is 2.59. The molecule has 4 aromatic rings. The molecule has 0 atom stereocenters. The van der Waals surface area contributed by atoms with Crippen molar-refractivity contribution in [2.24, 2.45) is 0 Å². The highest BCUT2D eigenvalue weighted by Gasteiger charge is 2.17. The largest absolute Gasteiger partial charge is 0.349 e. The minimum absolute atomic E-state index is 0.269. The zero-order chi connectivity index (χ0) is 16.7. The molecule has 0 aliphatic heterocycles. The van der Waals surface area contributed by atoms with Gasteiger partial charge in [0, 0.05) is 5.02 Å². The van der Waals surface area contributed by atoms with Gasteiger partial charge in [0.2, 0.25) is 0 Å². The highest BCUT2D eigenvalue weighted by molar-refractivity contribution is 7.18. The first-order valence-electron chi connectivity index (χ1n) is 7.28. The molecule has 4 rings (SSSR count). The first-order chi connectivity index (χ1) is 11.6. The Balaban J connectivity index is 1.92. The summed E-state index contributed by atoms with van der Waals surface area (Å²) in [6, 6.07) is 11.4. The molecule has 1 aromatic carbocycles. The Morgan fingerprint density at radius 1 is 1.21 bits per heavy atom. The SMILES string of the molecule is Cc1nc2c(-c3cccs3)nc(=O)n(Cc3cccc(Cl)c3)c2s1. The standard InChI is InChI=1S/C17H12ClN3OS2/c1-10-19-15-14(13-6-3-7-23-13)20-17(22)21(16(15)24-10)9-11-4-2-5-12(18)8-11/h2-8H,9H2,1H3. The number of benzene rings is 1. The summed E-state index contributed by atoms with van der Waals surface area (Å²) < 4.78 is 1.67. The summed E-state index contributed by atoms with van der Waals surface area (Å²) in [6.07, 6.45) is 0. The van der Waals surface area contributed by atoms with Gasteiger partial charge in [0.15, 0.2) is 0 Å². The topological polar surface area (TPSA) is 47.8 Å². The number of aromatic nitrogens is 3. The lowest BCUT2D eigenvalue weighted by Gasteiger charge is -2.08. The molecule has 0 aliphatic rings. The summed E-state index contributed by atoms with van der Waals surface area (Å²) in [6.45, 7) is 2.37. The highest BCUT2D eigenvalue weighted by atomic mass is 35.5. The van der Waals surface area contributed by atoms with Crippen LogP contribution in [0.4, 0.5) is 0 Å². The predicted octanol–water partition coefficient (Wildman–Crippen LogP) is 4.59. The van der Waals surface area contributed by atoms with Gasteiger partial charge in [-0.25, -0.2) is 9.78 Å². The first kappa shape index (κ1) is 15.5. The van der Waals surface area contributed by atoms with Crippen LogP contribution in [0.2, 0.25) is 5.02 Å². The van der Waals surface area contributed by atoms with Crippen LogP contribution in [0.15, 0.2) is 46.6 Å². The second-order valence-electron chi connectivity index (χ2n) is 5.32. The third kappa shape index (κ3) is 2.77. The molecule has 0 saturated carbocycles. The van der Waals surface area contributed by atoms with Gasteiger partial charge in [0.05, 0.1) is 16.4 Å². The Kier molecular flexibility index (Phi) is 3.96. The monoisotopic (exact) mass is 373 g/mol. The molecule has 0 spiro atoms. The van der Waals surface area contributed by atoms with Crippen molar-refractivity contribution in [3.8, 4) is 10.6 Å². The number of hydrogen-bond donors (Lipinski definition) is 0. The Morgan fingerprint density at radius 3 is 2.83 bits per heavy atom. The van der Waals surface area contributed by atoms with Crippen LogP contribution in [0.3, 0.4) is 0 Å². The number of hydrogen-bond acceptors (Lipinski definition) is 5. The second-order valence-corrected chi connectivity index (χ2v) is 7.89. The van der Waals surface area contributed by atoms with Crippen LogP contribution in [0.1, 0.15) is 10.6 Å². The van der Waals surface area contributed by atoms with E-state index in [1.54, 1.807) is 15.9 Å². The Bertz CT molecular complexity index is 1080. The number of nitrogens with zero attached hydrogens (tertiary/aromatic N) is 3. The van der Waals surface area contributed by atoms with E-state index in [-0.39, 0.29) is 5.69 Å². The van der Waals surface area contributed by atoms with Crippen molar-refractivity contribution >= 4 is 44.6 Å². The van der Waals surface area contributed by atoms with Gasteiger partial charge in [-0.2, -0.15) is 4.98 Å². The Labute approximate surface area is 151 Å². The van der Waals surface area contributed by atoms with Gasteiger partial charge in [-0.05, 0) is 36.1 Å². The van der Waals surface area contributed by atoms with Crippen molar-refractivity contribution in [1.82, 2.24) is 14.5 Å². The molecule has 3 heterocycles. The third-order valence-electron chi connectivity index (χ3n) is 3.61. The number of halogens is 1. The van der Waals surface area contributed by atoms with Crippen molar-refractivity contribution in [1.29, 1.82) is 0 Å². The van der Waals surface area contributed by atoms with Crippen LogP contribution < -0.4 is 5.69 Å². The van der Waals surface area contributed by atoms with Crippen LogP contribution in [0.25, 0.3) is 20.9 Å². The van der Waals surface area contributed by atoms with Crippen LogP contribution in [-0.4, -0.2) is 14.5 Å². The molecule has 0 fully saturated rings. The predicted molar refractivity (Wildman–Crippen MR) is 100 cm³/mol. The summed E-state index contributed by atoms with van der Waals surface area (Å²) in [5, 5.41) is 3.54. The lowest BCUT2D eigenvalue weighted by atomic mass is 10.2. The zero-order valence-electron chi connectivity index (χ0n) is 12.7. The summed E-state index contributed by atoms with van der Waals surface area (Å²) in [7, 11) is 0. The normalized spacial score (nSPS) is 11.2. The van der Waals surface area contributed by atoms with E-state index in [2.05, 4.69) is 9.97 Å². The highest BCUT2D eigenvalue weighted by Crippen LogP contribution is 2.31. The van der Waals surface area contributed by atoms with Crippen molar-refractivity contribution in [2.75, 3.05) is 0 Å². The van der Waals surface area contributed by atoms with Gasteiger partial charge in [0.25, 0.3) is 0 Å². The molecule has 7 heteroatoms. The van der Waals surface area contributed by atoms with Crippen molar-refractivity contribution in [3.05, 3.63) is 67.9 Å². The van der Waals surface area contributed by atoms with E-state index >= 15 is 0 Å². The average molecular weight is 374 g/mol. The maximum atomic E-state index is 12.7. The molecule has 3 aromatic heterocycles. The van der Waals surface area contributed by atoms with E-state index in [0.717, 1.165) is 25.8 Å². The second kappa shape index (κ2) is 6.12. The van der Waals surface area contributed by atoms with Crippen molar-refractivity contribution in [3.63, 3.8) is 0 Å². The minimum Gasteiger partial charge on any atom is -0.277 e. The maximum Gasteiger partial charge on any atom is 0.349 e. The summed E-state index contributed by atoms with van der Waals surface area (Å²) >= 11 is 9.12. The summed E-state index contributed by atoms with van der Waals surface area (Å²) in [4.78, 5) is 23.4. The molecule has 24 heavy (non-hydrogen) atoms. The number of rotatable bonds is 3. The Morgan fingerprint density at radius 2 is 2.08 bits per heavy atom. The zero-order valence-corrected chi connectivity index (χ0v) is 15.1. The Hall–Kier alpha value is -2.02. The molecular formula is C17H12ClN3OS2. The molecular weight excluding hydrogens is 362 g/mol. The van der Waals surface area contributed by atoms with Gasteiger partial charge in [-0.3, -0.25) is 4.57 Å². The van der Waals surface area contributed by atoms with E-state index in [0.29, 0.717) is 17.3 Å². The van der Waals surface area contributed by atoms with E-state index < -0.39 is 0 Å². The van der Waals surface area contributed by atoms with Crippen LogP contribution in [0.5, 0.6) is 0 Å². The molecule has 0 aliphatic carbocycles. The average Bonchev–Trinajstić information content (AvgIpc) is 3.19. The lowest BCUT2D eigenvalue weighted by molar-refractivity contribution is 0.768. The van der Waals surface area contributed by atoms with Gasteiger partial charge in [0.1, 0.15) is 16.0 Å². The summed E-state index contributed by atoms with van der Waals surface area (Å²) in [5.74, 6) is 0. The van der Waals surface area contributed by atoms with Crippen LogP contribution in [0, 0.1) is 6.92 Å². The molecule has 0 amide bonds.